The van der Waals surface area contributed by atoms with Gasteiger partial charge in [0.2, 0.25) is 0 Å². The van der Waals surface area contributed by atoms with Gasteiger partial charge in [-0.15, -0.1) is 0 Å². The highest BCUT2D eigenvalue weighted by Gasteiger charge is 2.12. The molecule has 0 spiro atoms. The Balaban J connectivity index is 2.03. The van der Waals surface area contributed by atoms with Crippen molar-refractivity contribution < 1.29 is 9.53 Å². The summed E-state index contributed by atoms with van der Waals surface area (Å²) in [5.41, 5.74) is 3.74. The van der Waals surface area contributed by atoms with E-state index in [-0.39, 0.29) is 5.91 Å². The van der Waals surface area contributed by atoms with E-state index in [0.717, 1.165) is 39.9 Å². The molecular formula is C22H28BrNO2. The Hall–Kier alpha value is -1.81. The van der Waals surface area contributed by atoms with Crippen LogP contribution in [0.1, 0.15) is 61.0 Å². The summed E-state index contributed by atoms with van der Waals surface area (Å²) in [6.07, 6.45) is 5.57. The van der Waals surface area contributed by atoms with E-state index in [0.29, 0.717) is 12.2 Å². The summed E-state index contributed by atoms with van der Waals surface area (Å²) in [6, 6.07) is 11.6. The van der Waals surface area contributed by atoms with Crippen molar-refractivity contribution in [3.63, 3.8) is 0 Å². The van der Waals surface area contributed by atoms with Gasteiger partial charge in [-0.1, -0.05) is 51.3 Å². The standard InChI is InChI=1S/C22H28BrNO2/c1-4-6-7-8-14-26-20-13-12-18(15-19(20)23)22(25)24-21-16(3)10-9-11-17(21)5-2/h9-13,15H,4-8,14H2,1-3H3,(H,24,25). The van der Waals surface area contributed by atoms with Crippen LogP contribution in [0.15, 0.2) is 40.9 Å². The van der Waals surface area contributed by atoms with Gasteiger partial charge in [-0.05, 0) is 65.0 Å². The van der Waals surface area contributed by atoms with Crippen LogP contribution >= 0.6 is 15.9 Å². The quantitative estimate of drug-likeness (QED) is 0.470. The predicted molar refractivity (Wildman–Crippen MR) is 112 cm³/mol. The van der Waals surface area contributed by atoms with E-state index in [1.165, 1.54) is 19.3 Å². The third-order valence-corrected chi connectivity index (χ3v) is 5.05. The molecule has 0 fully saturated rings. The average molecular weight is 418 g/mol. The number of rotatable bonds is 9. The number of nitrogens with one attached hydrogen (secondary N) is 1. The minimum absolute atomic E-state index is 0.107. The number of amides is 1. The molecule has 0 aliphatic rings. The molecule has 1 amide bonds. The van der Waals surface area contributed by atoms with Gasteiger partial charge < -0.3 is 10.1 Å². The molecule has 2 rings (SSSR count). The van der Waals surface area contributed by atoms with Crippen LogP contribution in [0, 0.1) is 6.92 Å². The lowest BCUT2D eigenvalue weighted by Crippen LogP contribution is -2.14. The number of ether oxygens (including phenoxy) is 1. The second kappa shape index (κ2) is 10.4. The number of benzene rings is 2. The molecule has 0 unspecified atom stereocenters. The molecule has 4 heteroatoms. The van der Waals surface area contributed by atoms with Crippen LogP contribution in [-0.4, -0.2) is 12.5 Å². The molecule has 26 heavy (non-hydrogen) atoms. The minimum atomic E-state index is -0.107. The first-order chi connectivity index (χ1) is 12.6. The fourth-order valence-electron chi connectivity index (χ4n) is 2.86. The summed E-state index contributed by atoms with van der Waals surface area (Å²) in [5, 5.41) is 3.06. The zero-order valence-electron chi connectivity index (χ0n) is 15.9. The predicted octanol–water partition coefficient (Wildman–Crippen LogP) is 6.53. The van der Waals surface area contributed by atoms with Crippen LogP contribution in [0.4, 0.5) is 5.69 Å². The maximum absolute atomic E-state index is 12.7. The highest BCUT2D eigenvalue weighted by atomic mass is 79.9. The van der Waals surface area contributed by atoms with Gasteiger partial charge in [-0.3, -0.25) is 4.79 Å². The lowest BCUT2D eigenvalue weighted by molar-refractivity contribution is 0.102. The van der Waals surface area contributed by atoms with Crippen LogP contribution in [0.2, 0.25) is 0 Å². The summed E-state index contributed by atoms with van der Waals surface area (Å²) < 4.78 is 6.62. The number of para-hydroxylation sites is 1. The Morgan fingerprint density at radius 3 is 2.62 bits per heavy atom. The Morgan fingerprint density at radius 1 is 1.12 bits per heavy atom. The summed E-state index contributed by atoms with van der Waals surface area (Å²) in [7, 11) is 0. The van der Waals surface area contributed by atoms with E-state index >= 15 is 0 Å². The van der Waals surface area contributed by atoms with Crippen LogP contribution in [0.5, 0.6) is 5.75 Å². The van der Waals surface area contributed by atoms with Crippen molar-refractivity contribution in [3.8, 4) is 5.75 Å². The molecule has 0 saturated heterocycles. The van der Waals surface area contributed by atoms with E-state index in [1.54, 1.807) is 0 Å². The molecule has 2 aromatic rings. The van der Waals surface area contributed by atoms with Crippen molar-refractivity contribution in [1.82, 2.24) is 0 Å². The fourth-order valence-corrected chi connectivity index (χ4v) is 3.35. The lowest BCUT2D eigenvalue weighted by atomic mass is 10.1. The number of hydrogen-bond acceptors (Lipinski definition) is 2. The fraction of sp³-hybridized carbons (Fsp3) is 0.409. The smallest absolute Gasteiger partial charge is 0.255 e. The summed E-state index contributed by atoms with van der Waals surface area (Å²) in [6.45, 7) is 7.00. The third kappa shape index (κ3) is 5.60. The maximum atomic E-state index is 12.7. The normalized spacial score (nSPS) is 10.6. The molecule has 3 nitrogen and oxygen atoms in total. The first kappa shape index (κ1) is 20.5. The van der Waals surface area contributed by atoms with Gasteiger partial charge in [0.15, 0.2) is 0 Å². The Morgan fingerprint density at radius 2 is 1.92 bits per heavy atom. The topological polar surface area (TPSA) is 38.3 Å². The number of anilines is 1. The van der Waals surface area contributed by atoms with Gasteiger partial charge in [0.1, 0.15) is 5.75 Å². The second-order valence-electron chi connectivity index (χ2n) is 6.47. The van der Waals surface area contributed by atoms with Gasteiger partial charge in [0.05, 0.1) is 11.1 Å². The van der Waals surface area contributed by atoms with Gasteiger partial charge >= 0.3 is 0 Å². The highest BCUT2D eigenvalue weighted by Crippen LogP contribution is 2.27. The maximum Gasteiger partial charge on any atom is 0.255 e. The number of carbonyl (C=O) groups is 1. The molecule has 0 atom stereocenters. The number of aryl methyl sites for hydroxylation is 2. The van der Waals surface area contributed by atoms with Crippen molar-refractivity contribution in [2.75, 3.05) is 11.9 Å². The molecule has 0 heterocycles. The van der Waals surface area contributed by atoms with Gasteiger partial charge in [-0.25, -0.2) is 0 Å². The lowest BCUT2D eigenvalue weighted by Gasteiger charge is -2.14. The van der Waals surface area contributed by atoms with Crippen LogP contribution in [-0.2, 0) is 6.42 Å². The third-order valence-electron chi connectivity index (χ3n) is 4.43. The Labute approximate surface area is 165 Å². The molecule has 0 radical (unpaired) electrons. The van der Waals surface area contributed by atoms with Crippen molar-refractivity contribution in [2.45, 2.75) is 52.9 Å². The van der Waals surface area contributed by atoms with Crippen molar-refractivity contribution >= 4 is 27.5 Å². The van der Waals surface area contributed by atoms with E-state index in [4.69, 9.17) is 4.74 Å². The number of halogens is 1. The van der Waals surface area contributed by atoms with Crippen molar-refractivity contribution in [2.24, 2.45) is 0 Å². The monoisotopic (exact) mass is 417 g/mol. The Kier molecular flexibility index (Phi) is 8.17. The van der Waals surface area contributed by atoms with Gasteiger partial charge in [0, 0.05) is 11.3 Å². The molecule has 1 N–H and O–H groups in total. The van der Waals surface area contributed by atoms with E-state index in [9.17, 15) is 4.79 Å². The molecule has 0 bridgehead atoms. The van der Waals surface area contributed by atoms with Crippen molar-refractivity contribution in [1.29, 1.82) is 0 Å². The van der Waals surface area contributed by atoms with Crippen molar-refractivity contribution in [3.05, 3.63) is 57.6 Å². The summed E-state index contributed by atoms with van der Waals surface area (Å²) in [5.74, 6) is 0.674. The first-order valence-electron chi connectivity index (χ1n) is 9.39. The van der Waals surface area contributed by atoms with Gasteiger partial charge in [0.25, 0.3) is 5.91 Å². The zero-order valence-corrected chi connectivity index (χ0v) is 17.5. The molecule has 140 valence electrons. The SMILES string of the molecule is CCCCCCOc1ccc(C(=O)Nc2c(C)cccc2CC)cc1Br. The largest absolute Gasteiger partial charge is 0.492 e. The molecule has 0 saturated carbocycles. The molecule has 0 aromatic heterocycles. The summed E-state index contributed by atoms with van der Waals surface area (Å²) in [4.78, 5) is 12.7. The summed E-state index contributed by atoms with van der Waals surface area (Å²) >= 11 is 3.52. The number of unbranched alkanes of at least 4 members (excludes halogenated alkanes) is 3. The molecule has 0 aliphatic carbocycles. The number of hydrogen-bond donors (Lipinski definition) is 1. The van der Waals surface area contributed by atoms with Crippen LogP contribution < -0.4 is 10.1 Å². The van der Waals surface area contributed by atoms with E-state index in [1.807, 2.05) is 43.3 Å². The number of carbonyl (C=O) groups excluding carboxylic acids is 1. The highest BCUT2D eigenvalue weighted by molar-refractivity contribution is 9.10. The Bertz CT molecular complexity index is 743. The van der Waals surface area contributed by atoms with E-state index in [2.05, 4.69) is 35.1 Å². The molecule has 0 aliphatic heterocycles. The molecule has 2 aromatic carbocycles. The minimum Gasteiger partial charge on any atom is -0.492 e. The molecular weight excluding hydrogens is 390 g/mol. The first-order valence-corrected chi connectivity index (χ1v) is 10.2. The van der Waals surface area contributed by atoms with Crippen LogP contribution in [0.25, 0.3) is 0 Å². The van der Waals surface area contributed by atoms with Gasteiger partial charge in [-0.2, -0.15) is 0 Å². The van der Waals surface area contributed by atoms with Crippen LogP contribution in [0.3, 0.4) is 0 Å². The zero-order chi connectivity index (χ0) is 18.9. The average Bonchev–Trinajstić information content (AvgIpc) is 2.64. The second-order valence-corrected chi connectivity index (χ2v) is 7.33. The van der Waals surface area contributed by atoms with E-state index < -0.39 is 0 Å².